The fourth-order valence-corrected chi connectivity index (χ4v) is 4.62. The molecule has 0 radical (unpaired) electrons. The highest BCUT2D eigenvalue weighted by Gasteiger charge is 2.17. The molecule has 1 nitrogen and oxygen atoms in total. The van der Waals surface area contributed by atoms with Gasteiger partial charge in [0.25, 0.3) is 0 Å². The number of thiazole rings is 1. The summed E-state index contributed by atoms with van der Waals surface area (Å²) in [6.07, 6.45) is 5.56. The summed E-state index contributed by atoms with van der Waals surface area (Å²) < 4.78 is 2.57. The maximum atomic E-state index is 4.66. The van der Waals surface area contributed by atoms with Crippen LogP contribution in [0.4, 0.5) is 0 Å². The van der Waals surface area contributed by atoms with Crippen LogP contribution in [0.25, 0.3) is 10.2 Å². The molecule has 2 aromatic rings. The predicted octanol–water partition coefficient (Wildman–Crippen LogP) is 4.33. The molecule has 0 unspecified atom stereocenters. The standard InChI is InChI=1S/C12H13NS2/c1-2-6-9(5-1)14-12-13-10-7-3-4-8-11(10)15-12/h3-4,7-9H,1-2,5-6H2. The van der Waals surface area contributed by atoms with Crippen molar-refractivity contribution < 1.29 is 0 Å². The van der Waals surface area contributed by atoms with E-state index in [-0.39, 0.29) is 0 Å². The fraction of sp³-hybridized carbons (Fsp3) is 0.417. The molecule has 0 aliphatic heterocycles. The van der Waals surface area contributed by atoms with Gasteiger partial charge in [-0.15, -0.1) is 11.3 Å². The van der Waals surface area contributed by atoms with Crippen LogP contribution in [0.2, 0.25) is 0 Å². The minimum absolute atomic E-state index is 0.825. The van der Waals surface area contributed by atoms with Gasteiger partial charge in [0.2, 0.25) is 0 Å². The van der Waals surface area contributed by atoms with E-state index in [1.54, 1.807) is 0 Å². The summed E-state index contributed by atoms with van der Waals surface area (Å²) >= 11 is 3.82. The number of aromatic nitrogens is 1. The molecular formula is C12H13NS2. The van der Waals surface area contributed by atoms with Gasteiger partial charge < -0.3 is 0 Å². The van der Waals surface area contributed by atoms with E-state index < -0.39 is 0 Å². The zero-order valence-corrected chi connectivity index (χ0v) is 10.1. The second-order valence-corrected chi connectivity index (χ2v) is 6.55. The Morgan fingerprint density at radius 1 is 1.20 bits per heavy atom. The third-order valence-electron chi connectivity index (χ3n) is 2.84. The number of thioether (sulfide) groups is 1. The maximum Gasteiger partial charge on any atom is 0.151 e. The van der Waals surface area contributed by atoms with Crippen molar-refractivity contribution in [2.45, 2.75) is 35.3 Å². The zero-order chi connectivity index (χ0) is 10.1. The Kier molecular flexibility index (Phi) is 2.67. The van der Waals surface area contributed by atoms with Crippen LogP contribution in [-0.2, 0) is 0 Å². The van der Waals surface area contributed by atoms with Crippen molar-refractivity contribution in [2.75, 3.05) is 0 Å². The molecule has 0 spiro atoms. The highest BCUT2D eigenvalue weighted by molar-refractivity contribution is 8.01. The third kappa shape index (κ3) is 2.04. The van der Waals surface area contributed by atoms with Crippen molar-refractivity contribution in [3.63, 3.8) is 0 Å². The highest BCUT2D eigenvalue weighted by Crippen LogP contribution is 2.38. The molecule has 0 atom stereocenters. The molecule has 0 N–H and O–H groups in total. The number of para-hydroxylation sites is 1. The van der Waals surface area contributed by atoms with Gasteiger partial charge in [0.05, 0.1) is 10.2 Å². The monoisotopic (exact) mass is 235 g/mol. The first-order valence-electron chi connectivity index (χ1n) is 5.44. The largest absolute Gasteiger partial charge is 0.230 e. The Morgan fingerprint density at radius 2 is 2.00 bits per heavy atom. The van der Waals surface area contributed by atoms with E-state index in [0.717, 1.165) is 10.8 Å². The lowest BCUT2D eigenvalue weighted by Gasteiger charge is -2.03. The number of benzene rings is 1. The normalized spacial score (nSPS) is 17.6. The van der Waals surface area contributed by atoms with Gasteiger partial charge in [-0.25, -0.2) is 4.98 Å². The number of rotatable bonds is 2. The quantitative estimate of drug-likeness (QED) is 0.768. The Balaban J connectivity index is 1.84. The average Bonchev–Trinajstić information content (AvgIpc) is 2.86. The Hall–Kier alpha value is -0.540. The first-order chi connectivity index (χ1) is 7.42. The van der Waals surface area contributed by atoms with Crippen molar-refractivity contribution in [3.05, 3.63) is 24.3 Å². The fourth-order valence-electron chi connectivity index (χ4n) is 2.05. The number of fused-ring (bicyclic) bond motifs is 1. The summed E-state index contributed by atoms with van der Waals surface area (Å²) in [6.45, 7) is 0. The summed E-state index contributed by atoms with van der Waals surface area (Å²) in [7, 11) is 0. The molecule has 0 saturated heterocycles. The Morgan fingerprint density at radius 3 is 2.80 bits per heavy atom. The van der Waals surface area contributed by atoms with Gasteiger partial charge in [0.1, 0.15) is 0 Å². The van der Waals surface area contributed by atoms with Gasteiger partial charge in [-0.05, 0) is 25.0 Å². The molecule has 3 rings (SSSR count). The number of nitrogens with zero attached hydrogens (tertiary/aromatic N) is 1. The van der Waals surface area contributed by atoms with Crippen molar-refractivity contribution in [2.24, 2.45) is 0 Å². The molecule has 78 valence electrons. The Bertz CT molecular complexity index is 424. The maximum absolute atomic E-state index is 4.66. The molecule has 1 fully saturated rings. The summed E-state index contributed by atoms with van der Waals surface area (Å²) in [5.41, 5.74) is 1.16. The van der Waals surface area contributed by atoms with Crippen LogP contribution >= 0.6 is 23.1 Å². The summed E-state index contributed by atoms with van der Waals surface area (Å²) in [4.78, 5) is 4.66. The zero-order valence-electron chi connectivity index (χ0n) is 8.48. The van der Waals surface area contributed by atoms with Crippen LogP contribution in [0.3, 0.4) is 0 Å². The first kappa shape index (κ1) is 9.67. The second-order valence-electron chi connectivity index (χ2n) is 3.97. The Labute approximate surface area is 97.9 Å². The topological polar surface area (TPSA) is 12.9 Å². The van der Waals surface area contributed by atoms with Crippen molar-refractivity contribution in [3.8, 4) is 0 Å². The minimum atomic E-state index is 0.825. The molecule has 1 aromatic carbocycles. The second kappa shape index (κ2) is 4.14. The molecule has 15 heavy (non-hydrogen) atoms. The lowest BCUT2D eigenvalue weighted by Crippen LogP contribution is -1.92. The molecule has 1 aliphatic rings. The average molecular weight is 235 g/mol. The van der Waals surface area contributed by atoms with Crippen LogP contribution in [-0.4, -0.2) is 10.2 Å². The van der Waals surface area contributed by atoms with E-state index in [9.17, 15) is 0 Å². The van der Waals surface area contributed by atoms with Crippen LogP contribution in [0.5, 0.6) is 0 Å². The molecule has 1 heterocycles. The predicted molar refractivity (Wildman–Crippen MR) is 67.7 cm³/mol. The molecule has 3 heteroatoms. The lowest BCUT2D eigenvalue weighted by atomic mass is 10.3. The molecule has 1 aliphatic carbocycles. The smallest absolute Gasteiger partial charge is 0.151 e. The lowest BCUT2D eigenvalue weighted by molar-refractivity contribution is 0.886. The van der Waals surface area contributed by atoms with Crippen LogP contribution < -0.4 is 0 Å². The first-order valence-corrected chi connectivity index (χ1v) is 7.14. The molecule has 1 saturated carbocycles. The molecule has 1 aromatic heterocycles. The van der Waals surface area contributed by atoms with Gasteiger partial charge in [-0.3, -0.25) is 0 Å². The van der Waals surface area contributed by atoms with Crippen LogP contribution in [0.1, 0.15) is 25.7 Å². The van der Waals surface area contributed by atoms with E-state index in [1.165, 1.54) is 34.7 Å². The molecular weight excluding hydrogens is 222 g/mol. The van der Waals surface area contributed by atoms with E-state index in [1.807, 2.05) is 23.1 Å². The highest BCUT2D eigenvalue weighted by atomic mass is 32.2. The van der Waals surface area contributed by atoms with E-state index in [4.69, 9.17) is 0 Å². The minimum Gasteiger partial charge on any atom is -0.230 e. The summed E-state index contributed by atoms with van der Waals surface area (Å²) in [5.74, 6) is 0. The molecule has 0 bridgehead atoms. The van der Waals surface area contributed by atoms with Crippen molar-refractivity contribution in [1.82, 2.24) is 4.98 Å². The van der Waals surface area contributed by atoms with E-state index >= 15 is 0 Å². The summed E-state index contributed by atoms with van der Waals surface area (Å²) in [6, 6.07) is 8.41. The molecule has 0 amide bonds. The number of hydrogen-bond donors (Lipinski definition) is 0. The van der Waals surface area contributed by atoms with Gasteiger partial charge >= 0.3 is 0 Å². The van der Waals surface area contributed by atoms with E-state index in [2.05, 4.69) is 29.2 Å². The van der Waals surface area contributed by atoms with Gasteiger partial charge in [-0.1, -0.05) is 36.7 Å². The van der Waals surface area contributed by atoms with Crippen LogP contribution in [0.15, 0.2) is 28.6 Å². The SMILES string of the molecule is c1ccc2sc(SC3CCCC3)nc2c1. The third-order valence-corrected chi connectivity index (χ3v) is 5.31. The van der Waals surface area contributed by atoms with Gasteiger partial charge in [0.15, 0.2) is 4.34 Å². The number of hydrogen-bond acceptors (Lipinski definition) is 3. The van der Waals surface area contributed by atoms with E-state index in [0.29, 0.717) is 0 Å². The van der Waals surface area contributed by atoms with Crippen molar-refractivity contribution >= 4 is 33.3 Å². The van der Waals surface area contributed by atoms with Crippen LogP contribution in [0, 0.1) is 0 Å². The summed E-state index contributed by atoms with van der Waals surface area (Å²) in [5, 5.41) is 0.825. The van der Waals surface area contributed by atoms with Gasteiger partial charge in [-0.2, -0.15) is 0 Å². The van der Waals surface area contributed by atoms with Crippen molar-refractivity contribution in [1.29, 1.82) is 0 Å². The van der Waals surface area contributed by atoms with Gasteiger partial charge in [0, 0.05) is 5.25 Å².